The highest BCUT2D eigenvalue weighted by molar-refractivity contribution is 5.97. The zero-order valence-corrected chi connectivity index (χ0v) is 11.7. The van der Waals surface area contributed by atoms with Crippen molar-refractivity contribution in [2.24, 2.45) is 5.92 Å². The van der Waals surface area contributed by atoms with Crippen LogP contribution in [0.15, 0.2) is 18.2 Å². The van der Waals surface area contributed by atoms with E-state index in [1.807, 2.05) is 6.92 Å². The Morgan fingerprint density at radius 1 is 1.33 bits per heavy atom. The van der Waals surface area contributed by atoms with Crippen LogP contribution < -0.4 is 0 Å². The van der Waals surface area contributed by atoms with E-state index in [0.29, 0.717) is 24.0 Å². The molecule has 21 heavy (non-hydrogen) atoms. The summed E-state index contributed by atoms with van der Waals surface area (Å²) in [5.74, 6) is 4.26. The van der Waals surface area contributed by atoms with Crippen LogP contribution in [0.4, 0.5) is 4.39 Å². The highest BCUT2D eigenvalue weighted by Crippen LogP contribution is 2.22. The van der Waals surface area contributed by atoms with E-state index in [1.54, 1.807) is 0 Å². The lowest BCUT2D eigenvalue weighted by Gasteiger charge is -2.28. The highest BCUT2D eigenvalue weighted by Gasteiger charge is 2.30. The largest absolute Gasteiger partial charge is 0.384 e. The smallest absolute Gasteiger partial charge is 0.229 e. The number of hydrogen-bond acceptors (Lipinski definition) is 3. The minimum atomic E-state index is -0.453. The second-order valence-corrected chi connectivity index (χ2v) is 5.15. The third kappa shape index (κ3) is 3.67. The Kier molecular flexibility index (Phi) is 4.71. The van der Waals surface area contributed by atoms with Gasteiger partial charge in [0.1, 0.15) is 12.4 Å². The Hall–Kier alpha value is -2.19. The number of amides is 2. The van der Waals surface area contributed by atoms with Gasteiger partial charge < -0.3 is 5.11 Å². The summed E-state index contributed by atoms with van der Waals surface area (Å²) in [7, 11) is 0. The minimum absolute atomic E-state index is 0.0584. The SMILES string of the molecule is CC1CC(=O)N(Cc2ccc(F)cc2C#CCO)C(=O)C1. The molecule has 110 valence electrons. The number of rotatable bonds is 2. The quantitative estimate of drug-likeness (QED) is 0.662. The zero-order valence-electron chi connectivity index (χ0n) is 11.7. The van der Waals surface area contributed by atoms with Gasteiger partial charge in [0.2, 0.25) is 11.8 Å². The second kappa shape index (κ2) is 6.51. The van der Waals surface area contributed by atoms with Crippen molar-refractivity contribution < 1.29 is 19.1 Å². The summed E-state index contributed by atoms with van der Waals surface area (Å²) in [6, 6.07) is 4.01. The van der Waals surface area contributed by atoms with Crippen molar-refractivity contribution in [2.75, 3.05) is 6.61 Å². The lowest BCUT2D eigenvalue weighted by Crippen LogP contribution is -2.42. The molecule has 0 saturated carbocycles. The molecule has 4 nitrogen and oxygen atoms in total. The molecule has 1 aromatic rings. The molecule has 1 fully saturated rings. The molecule has 1 aliphatic heterocycles. The van der Waals surface area contributed by atoms with E-state index >= 15 is 0 Å². The van der Waals surface area contributed by atoms with E-state index in [9.17, 15) is 14.0 Å². The summed E-state index contributed by atoms with van der Waals surface area (Å²) in [6.07, 6.45) is 0.676. The van der Waals surface area contributed by atoms with Crippen LogP contribution in [0.25, 0.3) is 0 Å². The molecule has 1 N–H and O–H groups in total. The Morgan fingerprint density at radius 3 is 2.62 bits per heavy atom. The molecule has 0 aliphatic carbocycles. The van der Waals surface area contributed by atoms with Gasteiger partial charge in [0.15, 0.2) is 0 Å². The van der Waals surface area contributed by atoms with Crippen molar-refractivity contribution in [3.63, 3.8) is 0 Å². The number of nitrogens with zero attached hydrogens (tertiary/aromatic N) is 1. The number of carbonyl (C=O) groups is 2. The summed E-state index contributed by atoms with van der Waals surface area (Å²) in [5, 5.41) is 8.74. The van der Waals surface area contributed by atoms with Crippen molar-refractivity contribution in [1.82, 2.24) is 4.90 Å². The van der Waals surface area contributed by atoms with Gasteiger partial charge in [-0.3, -0.25) is 14.5 Å². The van der Waals surface area contributed by atoms with E-state index in [4.69, 9.17) is 5.11 Å². The predicted molar refractivity (Wildman–Crippen MR) is 74.3 cm³/mol. The Morgan fingerprint density at radius 2 is 2.00 bits per heavy atom. The molecule has 2 rings (SSSR count). The monoisotopic (exact) mass is 289 g/mol. The summed E-state index contributed by atoms with van der Waals surface area (Å²) >= 11 is 0. The number of imide groups is 1. The number of carbonyl (C=O) groups excluding carboxylic acids is 2. The summed E-state index contributed by atoms with van der Waals surface area (Å²) in [4.78, 5) is 25.1. The molecule has 1 heterocycles. The molecule has 0 unspecified atom stereocenters. The number of benzene rings is 1. The molecule has 0 radical (unpaired) electrons. The number of halogens is 1. The highest BCUT2D eigenvalue weighted by atomic mass is 19.1. The Bertz CT molecular complexity index is 612. The molecule has 1 aliphatic rings. The second-order valence-electron chi connectivity index (χ2n) is 5.15. The number of likely N-dealkylation sites (tertiary alicyclic amines) is 1. The third-order valence-corrected chi connectivity index (χ3v) is 3.35. The van der Waals surface area contributed by atoms with Gasteiger partial charge in [0, 0.05) is 18.4 Å². The first-order valence-electron chi connectivity index (χ1n) is 6.72. The predicted octanol–water partition coefficient (Wildman–Crippen LogP) is 1.45. The number of piperidine rings is 1. The molecule has 0 bridgehead atoms. The van der Waals surface area contributed by atoms with E-state index in [1.165, 1.54) is 23.1 Å². The van der Waals surface area contributed by atoms with Crippen LogP contribution in [0, 0.1) is 23.6 Å². The van der Waals surface area contributed by atoms with Gasteiger partial charge >= 0.3 is 0 Å². The Balaban J connectivity index is 2.26. The van der Waals surface area contributed by atoms with Gasteiger partial charge in [-0.05, 0) is 23.6 Å². The maximum Gasteiger partial charge on any atom is 0.229 e. The first-order valence-corrected chi connectivity index (χ1v) is 6.72. The molecule has 5 heteroatoms. The van der Waals surface area contributed by atoms with Crippen LogP contribution in [0.1, 0.15) is 30.9 Å². The third-order valence-electron chi connectivity index (χ3n) is 3.35. The van der Waals surface area contributed by atoms with E-state index in [2.05, 4.69) is 11.8 Å². The van der Waals surface area contributed by atoms with E-state index in [-0.39, 0.29) is 30.9 Å². The molecule has 1 saturated heterocycles. The van der Waals surface area contributed by atoms with Crippen LogP contribution in [0.3, 0.4) is 0 Å². The normalized spacial score (nSPS) is 15.9. The number of aliphatic hydroxyl groups is 1. The van der Waals surface area contributed by atoms with Crippen molar-refractivity contribution in [2.45, 2.75) is 26.3 Å². The summed E-state index contributed by atoms with van der Waals surface area (Å²) in [6.45, 7) is 1.61. The van der Waals surface area contributed by atoms with Crippen LogP contribution in [-0.2, 0) is 16.1 Å². The lowest BCUT2D eigenvalue weighted by atomic mass is 9.97. The summed E-state index contributed by atoms with van der Waals surface area (Å²) in [5.41, 5.74) is 0.969. The fraction of sp³-hybridized carbons (Fsp3) is 0.375. The van der Waals surface area contributed by atoms with Gasteiger partial charge in [-0.15, -0.1) is 0 Å². The lowest BCUT2D eigenvalue weighted by molar-refractivity contribution is -0.150. The molecular formula is C16H16FNO3. The van der Waals surface area contributed by atoms with Gasteiger partial charge in [-0.1, -0.05) is 24.8 Å². The molecule has 2 amide bonds. The maximum absolute atomic E-state index is 13.3. The van der Waals surface area contributed by atoms with Crippen molar-refractivity contribution in [3.05, 3.63) is 35.1 Å². The van der Waals surface area contributed by atoms with Crippen LogP contribution in [0.2, 0.25) is 0 Å². The average Bonchev–Trinajstić information content (AvgIpc) is 2.42. The first-order chi connectivity index (χ1) is 10.0. The van der Waals surface area contributed by atoms with Crippen molar-refractivity contribution in [3.8, 4) is 11.8 Å². The number of hydrogen-bond donors (Lipinski definition) is 1. The Labute approximate surface area is 122 Å². The van der Waals surface area contributed by atoms with Gasteiger partial charge in [0.05, 0.1) is 6.54 Å². The topological polar surface area (TPSA) is 57.6 Å². The van der Waals surface area contributed by atoms with Gasteiger partial charge in [0.25, 0.3) is 0 Å². The van der Waals surface area contributed by atoms with E-state index in [0.717, 1.165) is 0 Å². The standard InChI is InChI=1S/C16H16FNO3/c1-11-7-15(20)18(16(21)8-11)10-13-4-5-14(17)9-12(13)3-2-6-19/h4-5,9,11,19H,6-8,10H2,1H3. The van der Waals surface area contributed by atoms with E-state index < -0.39 is 5.82 Å². The van der Waals surface area contributed by atoms with Crippen LogP contribution in [-0.4, -0.2) is 28.4 Å². The maximum atomic E-state index is 13.3. The van der Waals surface area contributed by atoms with Crippen LogP contribution in [0.5, 0.6) is 0 Å². The number of aliphatic hydroxyl groups excluding tert-OH is 1. The molecule has 0 aromatic heterocycles. The van der Waals surface area contributed by atoms with Crippen molar-refractivity contribution in [1.29, 1.82) is 0 Å². The fourth-order valence-electron chi connectivity index (χ4n) is 2.31. The first kappa shape index (κ1) is 15.2. The molecule has 0 spiro atoms. The molecule has 0 atom stereocenters. The van der Waals surface area contributed by atoms with Gasteiger partial charge in [-0.25, -0.2) is 4.39 Å². The zero-order chi connectivity index (χ0) is 15.4. The molecular weight excluding hydrogens is 273 g/mol. The average molecular weight is 289 g/mol. The summed E-state index contributed by atoms with van der Waals surface area (Å²) < 4.78 is 13.3. The van der Waals surface area contributed by atoms with Crippen molar-refractivity contribution >= 4 is 11.8 Å². The fourth-order valence-corrected chi connectivity index (χ4v) is 2.31. The van der Waals surface area contributed by atoms with Crippen LogP contribution >= 0.6 is 0 Å². The minimum Gasteiger partial charge on any atom is -0.384 e. The van der Waals surface area contributed by atoms with Gasteiger partial charge in [-0.2, -0.15) is 0 Å². The molecule has 1 aromatic carbocycles.